The SMILES string of the molecule is N#Cc1ccc(CNC(=O)NCc2ccccc2OC(F)F)c(F)c1. The highest BCUT2D eigenvalue weighted by Gasteiger charge is 2.10. The van der Waals surface area contributed by atoms with E-state index in [-0.39, 0.29) is 30.0 Å². The predicted molar refractivity (Wildman–Crippen MR) is 83.3 cm³/mol. The van der Waals surface area contributed by atoms with Gasteiger partial charge in [0.1, 0.15) is 11.6 Å². The zero-order valence-corrected chi connectivity index (χ0v) is 12.9. The van der Waals surface area contributed by atoms with E-state index in [4.69, 9.17) is 5.26 Å². The van der Waals surface area contributed by atoms with Crippen LogP contribution in [-0.2, 0) is 13.1 Å². The third kappa shape index (κ3) is 5.42. The second kappa shape index (κ2) is 8.59. The van der Waals surface area contributed by atoms with Gasteiger partial charge < -0.3 is 15.4 Å². The van der Waals surface area contributed by atoms with E-state index in [2.05, 4.69) is 15.4 Å². The summed E-state index contributed by atoms with van der Waals surface area (Å²) in [5.41, 5.74) is 0.777. The van der Waals surface area contributed by atoms with Crippen molar-refractivity contribution in [2.45, 2.75) is 19.7 Å². The van der Waals surface area contributed by atoms with Crippen LogP contribution >= 0.6 is 0 Å². The van der Waals surface area contributed by atoms with Crippen LogP contribution in [0.3, 0.4) is 0 Å². The topological polar surface area (TPSA) is 74.2 Å². The Bertz CT molecular complexity index is 791. The minimum Gasteiger partial charge on any atom is -0.434 e. The molecule has 2 amide bonds. The number of urea groups is 1. The molecule has 0 bridgehead atoms. The molecule has 2 aromatic carbocycles. The number of alkyl halides is 2. The lowest BCUT2D eigenvalue weighted by molar-refractivity contribution is -0.0504. The Balaban J connectivity index is 1.88. The molecule has 130 valence electrons. The van der Waals surface area contributed by atoms with Crippen molar-refractivity contribution in [2.75, 3.05) is 0 Å². The molecule has 2 N–H and O–H groups in total. The van der Waals surface area contributed by atoms with Crippen LogP contribution < -0.4 is 15.4 Å². The molecular formula is C17H14F3N3O2. The highest BCUT2D eigenvalue weighted by molar-refractivity contribution is 5.73. The van der Waals surface area contributed by atoms with Gasteiger partial charge in [-0.25, -0.2) is 9.18 Å². The molecular weight excluding hydrogens is 335 g/mol. The first kappa shape index (κ1) is 18.1. The van der Waals surface area contributed by atoms with Gasteiger partial charge in [0.15, 0.2) is 0 Å². The molecule has 0 unspecified atom stereocenters. The monoisotopic (exact) mass is 349 g/mol. The molecule has 0 aliphatic carbocycles. The summed E-state index contributed by atoms with van der Waals surface area (Å²) in [7, 11) is 0. The summed E-state index contributed by atoms with van der Waals surface area (Å²) >= 11 is 0. The maximum atomic E-state index is 13.7. The average molecular weight is 349 g/mol. The zero-order chi connectivity index (χ0) is 18.2. The van der Waals surface area contributed by atoms with Crippen molar-refractivity contribution >= 4 is 6.03 Å². The van der Waals surface area contributed by atoms with Gasteiger partial charge in [0.25, 0.3) is 0 Å². The van der Waals surface area contributed by atoms with Crippen LogP contribution in [0.15, 0.2) is 42.5 Å². The van der Waals surface area contributed by atoms with Gasteiger partial charge in [-0.1, -0.05) is 24.3 Å². The first-order valence-corrected chi connectivity index (χ1v) is 7.22. The first-order chi connectivity index (χ1) is 12.0. The Morgan fingerprint density at radius 1 is 1.12 bits per heavy atom. The van der Waals surface area contributed by atoms with Crippen LogP contribution in [0.2, 0.25) is 0 Å². The summed E-state index contributed by atoms with van der Waals surface area (Å²) in [4.78, 5) is 11.8. The minimum absolute atomic E-state index is 0.0315. The van der Waals surface area contributed by atoms with Gasteiger partial charge in [-0.3, -0.25) is 0 Å². The summed E-state index contributed by atoms with van der Waals surface area (Å²) < 4.78 is 42.7. The van der Waals surface area contributed by atoms with Crippen molar-refractivity contribution in [3.8, 4) is 11.8 Å². The Kier molecular flexibility index (Phi) is 6.23. The number of carbonyl (C=O) groups is 1. The number of carbonyl (C=O) groups excluding carboxylic acids is 1. The Hall–Kier alpha value is -3.21. The average Bonchev–Trinajstić information content (AvgIpc) is 2.59. The molecule has 0 atom stereocenters. The van der Waals surface area contributed by atoms with Gasteiger partial charge in [0.05, 0.1) is 11.6 Å². The fraction of sp³-hybridized carbons (Fsp3) is 0.176. The van der Waals surface area contributed by atoms with E-state index in [0.717, 1.165) is 6.07 Å². The lowest BCUT2D eigenvalue weighted by Crippen LogP contribution is -2.34. The van der Waals surface area contributed by atoms with E-state index in [1.165, 1.54) is 30.3 Å². The normalized spacial score (nSPS) is 10.2. The van der Waals surface area contributed by atoms with E-state index >= 15 is 0 Å². The van der Waals surface area contributed by atoms with Crippen LogP contribution in [0.25, 0.3) is 0 Å². The van der Waals surface area contributed by atoms with Crippen molar-refractivity contribution in [3.05, 3.63) is 65.0 Å². The molecule has 25 heavy (non-hydrogen) atoms. The molecule has 2 aromatic rings. The Labute approximate surface area is 142 Å². The third-order valence-electron chi connectivity index (χ3n) is 3.25. The number of para-hydroxylation sites is 1. The van der Waals surface area contributed by atoms with Crippen molar-refractivity contribution < 1.29 is 22.7 Å². The Morgan fingerprint density at radius 3 is 2.44 bits per heavy atom. The van der Waals surface area contributed by atoms with Gasteiger partial charge >= 0.3 is 12.6 Å². The highest BCUT2D eigenvalue weighted by Crippen LogP contribution is 2.19. The number of hydrogen-bond acceptors (Lipinski definition) is 3. The molecule has 0 fully saturated rings. The number of nitrogens with zero attached hydrogens (tertiary/aromatic N) is 1. The van der Waals surface area contributed by atoms with E-state index in [1.54, 1.807) is 6.07 Å². The lowest BCUT2D eigenvalue weighted by Gasteiger charge is -2.12. The number of benzene rings is 2. The largest absolute Gasteiger partial charge is 0.434 e. The van der Waals surface area contributed by atoms with E-state index in [9.17, 15) is 18.0 Å². The summed E-state index contributed by atoms with van der Waals surface area (Å²) in [6.07, 6.45) is 0. The van der Waals surface area contributed by atoms with Gasteiger partial charge in [0.2, 0.25) is 0 Å². The van der Waals surface area contributed by atoms with Gasteiger partial charge in [-0.2, -0.15) is 14.0 Å². The van der Waals surface area contributed by atoms with Crippen LogP contribution in [0.5, 0.6) is 5.75 Å². The number of nitriles is 1. The van der Waals surface area contributed by atoms with Gasteiger partial charge in [-0.05, 0) is 18.2 Å². The molecule has 8 heteroatoms. The fourth-order valence-corrected chi connectivity index (χ4v) is 2.03. The van der Waals surface area contributed by atoms with E-state index < -0.39 is 18.5 Å². The lowest BCUT2D eigenvalue weighted by atomic mass is 10.1. The van der Waals surface area contributed by atoms with Crippen LogP contribution in [0.1, 0.15) is 16.7 Å². The first-order valence-electron chi connectivity index (χ1n) is 7.22. The quantitative estimate of drug-likeness (QED) is 0.840. The zero-order valence-electron chi connectivity index (χ0n) is 12.9. The fourth-order valence-electron chi connectivity index (χ4n) is 2.03. The summed E-state index contributed by atoms with van der Waals surface area (Å²) in [5, 5.41) is 13.6. The van der Waals surface area contributed by atoms with Crippen molar-refractivity contribution in [3.63, 3.8) is 0 Å². The van der Waals surface area contributed by atoms with E-state index in [0.29, 0.717) is 5.56 Å². The molecule has 2 rings (SSSR count). The van der Waals surface area contributed by atoms with Crippen LogP contribution in [-0.4, -0.2) is 12.6 Å². The number of amides is 2. The van der Waals surface area contributed by atoms with Gasteiger partial charge in [-0.15, -0.1) is 0 Å². The van der Waals surface area contributed by atoms with E-state index in [1.807, 2.05) is 6.07 Å². The van der Waals surface area contributed by atoms with Crippen molar-refractivity contribution in [1.82, 2.24) is 10.6 Å². The summed E-state index contributed by atoms with van der Waals surface area (Å²) in [6.45, 7) is -3.09. The van der Waals surface area contributed by atoms with Gasteiger partial charge in [0, 0.05) is 24.2 Å². The highest BCUT2D eigenvalue weighted by atomic mass is 19.3. The molecule has 0 heterocycles. The maximum Gasteiger partial charge on any atom is 0.387 e. The van der Waals surface area contributed by atoms with Crippen molar-refractivity contribution in [2.24, 2.45) is 0 Å². The van der Waals surface area contributed by atoms with Crippen LogP contribution in [0.4, 0.5) is 18.0 Å². The maximum absolute atomic E-state index is 13.7. The summed E-state index contributed by atoms with van der Waals surface area (Å²) in [6, 6.07) is 11.2. The molecule has 0 aromatic heterocycles. The number of halogens is 3. The second-order valence-electron chi connectivity index (χ2n) is 4.94. The summed E-state index contributed by atoms with van der Waals surface area (Å²) in [5.74, 6) is -0.633. The number of ether oxygens (including phenoxy) is 1. The second-order valence-corrected chi connectivity index (χ2v) is 4.94. The molecule has 5 nitrogen and oxygen atoms in total. The third-order valence-corrected chi connectivity index (χ3v) is 3.25. The number of hydrogen-bond donors (Lipinski definition) is 2. The number of rotatable bonds is 6. The smallest absolute Gasteiger partial charge is 0.387 e. The molecule has 0 aliphatic rings. The molecule has 0 saturated heterocycles. The minimum atomic E-state index is -2.96. The van der Waals surface area contributed by atoms with Crippen molar-refractivity contribution in [1.29, 1.82) is 5.26 Å². The standard InChI is InChI=1S/C17H14F3N3O2/c18-14-7-11(8-21)5-6-12(14)9-22-17(24)23-10-13-3-1-2-4-15(13)25-16(19)20/h1-7,16H,9-10H2,(H2,22,23,24). The molecule has 0 saturated carbocycles. The molecule has 0 spiro atoms. The molecule has 0 radical (unpaired) electrons. The predicted octanol–water partition coefficient (Wildman–Crippen LogP) is 3.30. The number of nitrogens with one attached hydrogen (secondary N) is 2. The Morgan fingerprint density at radius 2 is 1.80 bits per heavy atom. The van der Waals surface area contributed by atoms with Crippen LogP contribution in [0, 0.1) is 17.1 Å². The molecule has 0 aliphatic heterocycles.